The molecule has 0 aliphatic carbocycles. The maximum atomic E-state index is 9.46. The predicted octanol–water partition coefficient (Wildman–Crippen LogP) is 8.25. The van der Waals surface area contributed by atoms with Gasteiger partial charge in [-0.05, 0) is 125 Å². The topological polar surface area (TPSA) is 456 Å². The second-order valence-corrected chi connectivity index (χ2v) is 98.4. The summed E-state index contributed by atoms with van der Waals surface area (Å²) in [6.07, 6.45) is 1.74. The summed E-state index contributed by atoms with van der Waals surface area (Å²) >= 11 is 73.1. The van der Waals surface area contributed by atoms with Gasteiger partial charge in [0.25, 0.3) is 0 Å². The molecule has 3 N–H and O–H groups in total. The number of aliphatic hydroxyl groups excluding tert-OH is 3. The molecule has 0 rings (SSSR count). The van der Waals surface area contributed by atoms with Crippen molar-refractivity contribution in [3.63, 3.8) is 0 Å². The Morgan fingerprint density at radius 1 is 0.228 bits per heavy atom. The fourth-order valence-electron chi connectivity index (χ4n) is 8.37. The van der Waals surface area contributed by atoms with Crippen LogP contribution in [0.1, 0.15) is 88.5 Å². The molecule has 0 radical (unpaired) electrons. The highest BCUT2D eigenvalue weighted by Crippen LogP contribution is 2.37. The van der Waals surface area contributed by atoms with E-state index in [1.165, 1.54) is 92.4 Å². The Morgan fingerprint density at radius 2 is 0.478 bits per heavy atom. The molecule has 0 bridgehead atoms. The van der Waals surface area contributed by atoms with Crippen molar-refractivity contribution in [2.45, 2.75) is 133 Å². The van der Waals surface area contributed by atoms with Gasteiger partial charge < -0.3 is 189 Å². The molecule has 0 aliphatic heterocycles. The van der Waals surface area contributed by atoms with Gasteiger partial charge in [-0.15, -0.1) is 169 Å². The Balaban J connectivity index is -0.000000239. The summed E-state index contributed by atoms with van der Waals surface area (Å²) in [4.78, 5) is 13.0. The summed E-state index contributed by atoms with van der Waals surface area (Å²) in [6.45, 7) is 31.3. The minimum absolute atomic E-state index is 0.213. The summed E-state index contributed by atoms with van der Waals surface area (Å²) < 4.78 is 219. The van der Waals surface area contributed by atoms with Crippen LogP contribution in [0.5, 0.6) is 0 Å². The Bertz CT molecular complexity index is 2710. The maximum absolute atomic E-state index is 9.46. The molecule has 0 aromatic rings. The highest BCUT2D eigenvalue weighted by atomic mass is 32.3. The fourth-order valence-corrected chi connectivity index (χ4v) is 83.9. The molecular weight excluding hydrogens is 2460 g/mol. The van der Waals surface area contributed by atoms with E-state index >= 15 is 0 Å². The van der Waals surface area contributed by atoms with Crippen LogP contribution in [0.4, 0.5) is 0 Å². The SMILES string of the molecule is C=O.CCOO[Si](S)(OCC)O[Si](S)(OCC)O[Si](S)(OCC)O[Si](C)(S)OCC.CCO[Si](CCCS)(OCC)OCC.CCO[Si](S)(OC)O[Si](S)(OC)O[Si](S)(OCC)O[Si](S)(CO)OC.CO[Si](C)(CCCS)OC.CO[Si](CCCS)(OC)OC.CO[Si](S)(CO)O[Si](C)(OC)O[Si](C)(OC)O[Si](S)(OC)OC.CO[Si](S)(CO)O[Si](S)(OC)O[Si](S)(OC)O[Si](S)(OC)OC. The van der Waals surface area contributed by atoms with E-state index in [4.69, 9.17) is 183 Å². The lowest BCUT2D eigenvalue weighted by Crippen LogP contribution is -2.62. The van der Waals surface area contributed by atoms with Gasteiger partial charge in [-0.25, -0.2) is 9.46 Å². The highest BCUT2D eigenvalue weighted by molar-refractivity contribution is 8.19. The summed E-state index contributed by atoms with van der Waals surface area (Å²) in [5, 5.41) is 28.2. The van der Waals surface area contributed by atoms with Crippen LogP contribution in [0.15, 0.2) is 0 Å². The van der Waals surface area contributed by atoms with Crippen molar-refractivity contribution in [1.82, 2.24) is 0 Å². The van der Waals surface area contributed by atoms with E-state index in [1.807, 2.05) is 34.5 Å². The van der Waals surface area contributed by atoms with E-state index in [9.17, 15) is 15.3 Å². The van der Waals surface area contributed by atoms with Gasteiger partial charge in [0.05, 0.1) is 25.3 Å². The van der Waals surface area contributed by atoms with Crippen LogP contribution in [0.25, 0.3) is 0 Å². The Labute approximate surface area is 919 Å². The summed E-state index contributed by atoms with van der Waals surface area (Å²) in [5.74, 6) is 2.60. The van der Waals surface area contributed by atoms with E-state index in [2.05, 4.69) is 214 Å². The van der Waals surface area contributed by atoms with Gasteiger partial charge in [0.15, 0.2) is 0 Å². The molecule has 0 saturated carbocycles. The lowest BCUT2D eigenvalue weighted by Gasteiger charge is -2.38. The monoisotopic (exact) mass is 2620 g/mol. The summed E-state index contributed by atoms with van der Waals surface area (Å²) in [6, 6.07) is 2.73. The van der Waals surface area contributed by atoms with Crippen LogP contribution in [0.2, 0.25) is 44.3 Å². The van der Waals surface area contributed by atoms with E-state index in [-0.39, 0.29) is 39.3 Å². The minimum atomic E-state index is -3.75. The second-order valence-electron chi connectivity index (χ2n) is 24.7. The van der Waals surface area contributed by atoms with Crippen molar-refractivity contribution in [2.24, 2.45) is 0 Å². The third-order valence-corrected chi connectivity index (χ3v) is 92.2. The van der Waals surface area contributed by atoms with Crippen molar-refractivity contribution in [3.05, 3.63) is 0 Å². The van der Waals surface area contributed by atoms with Gasteiger partial charge >= 0.3 is 154 Å². The second kappa shape index (κ2) is 84.2. The molecular formula is C55H162O45S17Si19. The van der Waals surface area contributed by atoms with Crippen molar-refractivity contribution in [3.8, 4) is 0 Å². The number of hydrogen-bond acceptors (Lipinski definition) is 62. The molecule has 0 aromatic carbocycles. The zero-order valence-electron chi connectivity index (χ0n) is 83.9. The van der Waals surface area contributed by atoms with Crippen molar-refractivity contribution < 1.29 is 198 Å². The number of rotatable bonds is 75. The first-order valence-electron chi connectivity index (χ1n) is 40.5. The summed E-state index contributed by atoms with van der Waals surface area (Å²) in [5.41, 5.74) is 0. The van der Waals surface area contributed by atoms with Gasteiger partial charge in [-0.2, -0.15) is 37.9 Å². The molecule has 0 heterocycles. The Hall–Kier alpha value is 7.98. The molecule has 0 amide bonds. The van der Waals surface area contributed by atoms with Gasteiger partial charge in [-0.3, -0.25) is 0 Å². The quantitative estimate of drug-likeness (QED) is 0.0118. The van der Waals surface area contributed by atoms with E-state index < -0.39 is 167 Å². The minimum Gasteiger partial charge on any atom is -0.398 e. The van der Waals surface area contributed by atoms with Crippen LogP contribution in [-0.4, -0.2) is 406 Å². The van der Waals surface area contributed by atoms with Gasteiger partial charge in [0, 0.05) is 213 Å². The zero-order chi connectivity index (χ0) is 108. The van der Waals surface area contributed by atoms with Crippen LogP contribution < -0.4 is 0 Å². The fraction of sp³-hybridized carbons (Fsp3) is 0.982. The Kier molecular flexibility index (Phi) is 98.6. The predicted molar refractivity (Wildman–Crippen MR) is 613 cm³/mol. The van der Waals surface area contributed by atoms with Crippen LogP contribution in [-0.2, 0) is 183 Å². The van der Waals surface area contributed by atoms with Gasteiger partial charge in [-0.1, -0.05) is 0 Å². The van der Waals surface area contributed by atoms with Crippen LogP contribution in [0.3, 0.4) is 0 Å². The summed E-state index contributed by atoms with van der Waals surface area (Å²) in [7, 11) is -35.0. The van der Waals surface area contributed by atoms with E-state index in [1.54, 1.807) is 96.7 Å². The molecule has 81 heteroatoms. The van der Waals surface area contributed by atoms with Crippen molar-refractivity contribution in [1.29, 1.82) is 0 Å². The average molecular weight is 2620 g/mol. The largest absolute Gasteiger partial charge is 0.591 e. The molecule has 136 heavy (non-hydrogen) atoms. The van der Waals surface area contributed by atoms with Gasteiger partial charge in [0.1, 0.15) is 6.79 Å². The molecule has 14 unspecified atom stereocenters. The third-order valence-electron chi connectivity index (χ3n) is 15.1. The molecule has 0 fully saturated rings. The zero-order valence-corrected chi connectivity index (χ0v) is 118. The number of aliphatic hydroxyl groups is 3. The third kappa shape index (κ3) is 71.3. The van der Waals surface area contributed by atoms with E-state index in [0.717, 1.165) is 54.7 Å². The smallest absolute Gasteiger partial charge is 0.398 e. The molecule has 0 aliphatic rings. The average Bonchev–Trinajstić information content (AvgIpc) is 0.801. The number of thiol groups is 17. The van der Waals surface area contributed by atoms with Crippen LogP contribution >= 0.6 is 207 Å². The molecule has 0 spiro atoms. The lowest BCUT2D eigenvalue weighted by atomic mass is 10.6. The van der Waals surface area contributed by atoms with Crippen LogP contribution in [0, 0.1) is 0 Å². The first-order valence-corrected chi connectivity index (χ1v) is 96.9. The number of hydrogen-bond donors (Lipinski definition) is 20. The number of carbonyl (C=O) groups is 1. The van der Waals surface area contributed by atoms with Crippen molar-refractivity contribution >= 4 is 368 Å². The molecule has 830 valence electrons. The molecule has 0 aromatic heterocycles. The van der Waals surface area contributed by atoms with E-state index in [0.29, 0.717) is 33.0 Å². The first kappa shape index (κ1) is 159. The van der Waals surface area contributed by atoms with Gasteiger partial charge in [0.2, 0.25) is 0 Å². The molecule has 0 saturated heterocycles. The number of carbonyl (C=O) groups excluding carboxylic acids is 1. The first-order chi connectivity index (χ1) is 63.0. The molecule has 45 nitrogen and oxygen atoms in total. The molecule has 14 atom stereocenters. The lowest BCUT2D eigenvalue weighted by molar-refractivity contribution is -0.236. The normalized spacial score (nSPS) is 18.4. The maximum Gasteiger partial charge on any atom is 0.591 e. The highest BCUT2D eigenvalue weighted by Gasteiger charge is 2.63. The van der Waals surface area contributed by atoms with Crippen molar-refractivity contribution in [2.75, 3.05) is 230 Å². The standard InChI is InChI=1S/C11H32O9S4Si4.C9H22O3SSi.C8H26O9S4Si4.C8H26O9S2Si4.C6H22O9S4Si4.C6H16O3SSi.C6H16O2SSi.CH2O/c1-7-12-17-26(22,14-9-3)19-28(24,16-11-5)20-27(23,15-10-4)18-25(6,21)13-8-2;1-4-10-14(11-5-2,12-6-3)9-7-8-13;1-6-13-23(19,11-4)16-24(20,12-5)17-25(21,14-7-2)15-22(18,8-9)10-3;1-10-20(6,16-22(18,8-9)12-3)15-21(7,11-2)17-23(19,13-4)14-5;1-8-20(16,6-7)13-22(18,11-4)15-23(19,12-5)14-21(17,9-2)10-3;1-7-11(8-2,9-3)6-4-5-10;1-7-10(3,8-2)6-4-5-9;1-2/h21-24H,7-11H2,1-6H3;13H,4-9H2,1-3H3;9,18-21H,6-8H2,1-5H3;9,18-19H,8H2,1-7H3;7,16-19H,6H2,1-5H3;10H,4-6H2,1-3H3;9H,4-6H2,1-3H3;1H2. The Morgan fingerprint density at radius 3 is 0.779 bits per heavy atom.